The maximum atomic E-state index is 11.6. The molecule has 16 heavy (non-hydrogen) atoms. The van der Waals surface area contributed by atoms with E-state index in [1.54, 1.807) is 31.2 Å². The van der Waals surface area contributed by atoms with Crippen LogP contribution < -0.4 is 0 Å². The van der Waals surface area contributed by atoms with Gasteiger partial charge in [-0.15, -0.1) is 0 Å². The highest BCUT2D eigenvalue weighted by Crippen LogP contribution is 2.28. The summed E-state index contributed by atoms with van der Waals surface area (Å²) >= 11 is 6.30. The van der Waals surface area contributed by atoms with Crippen LogP contribution in [0.2, 0.25) is 0 Å². The van der Waals surface area contributed by atoms with E-state index in [1.807, 2.05) is 0 Å². The molecule has 1 rings (SSSR count). The minimum absolute atomic E-state index is 0.00347. The highest BCUT2D eigenvalue weighted by molar-refractivity contribution is 9.11. The number of aliphatic hydroxyl groups excluding tert-OH is 1. The van der Waals surface area contributed by atoms with Crippen LogP contribution in [0.1, 0.15) is 18.6 Å². The average molecular weight is 372 g/mol. The standard InChI is InChI=1S/C10H12Br2O3S/c1-2-16(14,15)10(12)9(13)7-3-5-8(11)6-4-7/h3-6,9-10,13H,2H2,1H3/t9-,10-/m1/s1. The summed E-state index contributed by atoms with van der Waals surface area (Å²) in [6.45, 7) is 1.55. The van der Waals surface area contributed by atoms with E-state index < -0.39 is 20.1 Å². The van der Waals surface area contributed by atoms with Crippen LogP contribution in [0.3, 0.4) is 0 Å². The first-order chi connectivity index (χ1) is 7.38. The van der Waals surface area contributed by atoms with Gasteiger partial charge in [-0.3, -0.25) is 0 Å². The van der Waals surface area contributed by atoms with E-state index in [2.05, 4.69) is 31.9 Å². The third-order valence-corrected chi connectivity index (χ3v) is 6.69. The molecule has 2 atom stereocenters. The predicted molar refractivity (Wildman–Crippen MR) is 71.3 cm³/mol. The van der Waals surface area contributed by atoms with E-state index in [0.29, 0.717) is 5.56 Å². The molecule has 0 aliphatic rings. The lowest BCUT2D eigenvalue weighted by atomic mass is 10.1. The fourth-order valence-corrected chi connectivity index (χ4v) is 3.40. The van der Waals surface area contributed by atoms with Crippen molar-refractivity contribution in [1.29, 1.82) is 0 Å². The van der Waals surface area contributed by atoms with Crippen LogP contribution in [0.25, 0.3) is 0 Å². The first kappa shape index (κ1) is 14.2. The molecule has 0 amide bonds. The van der Waals surface area contributed by atoms with Crippen LogP contribution in [0.4, 0.5) is 0 Å². The van der Waals surface area contributed by atoms with Crippen molar-refractivity contribution in [3.05, 3.63) is 34.3 Å². The van der Waals surface area contributed by atoms with E-state index in [1.165, 1.54) is 0 Å². The molecule has 0 spiro atoms. The van der Waals surface area contributed by atoms with Crippen molar-refractivity contribution >= 4 is 41.7 Å². The van der Waals surface area contributed by atoms with Crippen LogP contribution in [0.5, 0.6) is 0 Å². The molecule has 3 nitrogen and oxygen atoms in total. The van der Waals surface area contributed by atoms with Gasteiger partial charge in [0.25, 0.3) is 0 Å². The second-order valence-corrected chi connectivity index (χ2v) is 8.22. The Morgan fingerprint density at radius 3 is 2.25 bits per heavy atom. The highest BCUT2D eigenvalue weighted by atomic mass is 79.9. The normalized spacial score (nSPS) is 15.8. The van der Waals surface area contributed by atoms with Gasteiger partial charge < -0.3 is 5.11 Å². The molecule has 0 radical (unpaired) electrons. The van der Waals surface area contributed by atoms with Crippen molar-refractivity contribution in [2.45, 2.75) is 17.2 Å². The predicted octanol–water partition coefficient (Wildman–Crippen LogP) is 2.64. The molecule has 0 saturated heterocycles. The minimum atomic E-state index is -3.30. The zero-order valence-corrected chi connectivity index (χ0v) is 12.6. The summed E-state index contributed by atoms with van der Waals surface area (Å²) in [5, 5.41) is 9.91. The minimum Gasteiger partial charge on any atom is -0.386 e. The van der Waals surface area contributed by atoms with Gasteiger partial charge in [0.15, 0.2) is 9.84 Å². The molecule has 0 aromatic heterocycles. The zero-order valence-electron chi connectivity index (χ0n) is 8.60. The Balaban J connectivity index is 2.94. The van der Waals surface area contributed by atoms with Gasteiger partial charge in [-0.2, -0.15) is 0 Å². The lowest BCUT2D eigenvalue weighted by Crippen LogP contribution is -2.24. The van der Waals surface area contributed by atoms with Crippen molar-refractivity contribution < 1.29 is 13.5 Å². The van der Waals surface area contributed by atoms with Crippen molar-refractivity contribution in [3.63, 3.8) is 0 Å². The van der Waals surface area contributed by atoms with Gasteiger partial charge in [-0.05, 0) is 17.7 Å². The van der Waals surface area contributed by atoms with E-state index in [4.69, 9.17) is 0 Å². The number of hydrogen-bond acceptors (Lipinski definition) is 3. The fraction of sp³-hybridized carbons (Fsp3) is 0.400. The van der Waals surface area contributed by atoms with Crippen LogP contribution in [-0.4, -0.2) is 23.4 Å². The second-order valence-electron chi connectivity index (χ2n) is 3.30. The lowest BCUT2D eigenvalue weighted by Gasteiger charge is -2.17. The largest absolute Gasteiger partial charge is 0.386 e. The molecule has 0 bridgehead atoms. The molecule has 1 aromatic rings. The molecule has 0 saturated carbocycles. The molecular formula is C10H12Br2O3S. The Hall–Kier alpha value is 0.0900. The lowest BCUT2D eigenvalue weighted by molar-refractivity contribution is 0.195. The molecular weight excluding hydrogens is 360 g/mol. The number of hydrogen-bond donors (Lipinski definition) is 1. The molecule has 0 heterocycles. The van der Waals surface area contributed by atoms with Crippen LogP contribution in [0, 0.1) is 0 Å². The summed E-state index contributed by atoms with van der Waals surface area (Å²) in [6.07, 6.45) is -1.06. The van der Waals surface area contributed by atoms with Gasteiger partial charge in [0, 0.05) is 10.2 Å². The summed E-state index contributed by atoms with van der Waals surface area (Å²) in [5.74, 6) is -0.00347. The number of alkyl halides is 1. The topological polar surface area (TPSA) is 54.4 Å². The highest BCUT2D eigenvalue weighted by Gasteiger charge is 2.29. The van der Waals surface area contributed by atoms with Gasteiger partial charge >= 0.3 is 0 Å². The third-order valence-electron chi connectivity index (χ3n) is 2.21. The maximum Gasteiger partial charge on any atom is 0.165 e. The van der Waals surface area contributed by atoms with E-state index in [-0.39, 0.29) is 5.75 Å². The van der Waals surface area contributed by atoms with Gasteiger partial charge in [-0.1, -0.05) is 50.9 Å². The number of aliphatic hydroxyl groups is 1. The van der Waals surface area contributed by atoms with Gasteiger partial charge in [-0.25, -0.2) is 8.42 Å². The molecule has 0 unspecified atom stereocenters. The summed E-state index contributed by atoms with van der Waals surface area (Å²) in [4.78, 5) is 0. The smallest absolute Gasteiger partial charge is 0.165 e. The Morgan fingerprint density at radius 1 is 1.31 bits per heavy atom. The SMILES string of the molecule is CCS(=O)(=O)[C@@H](Br)[C@H](O)c1ccc(Br)cc1. The van der Waals surface area contributed by atoms with E-state index in [9.17, 15) is 13.5 Å². The number of rotatable bonds is 4. The van der Waals surface area contributed by atoms with Crippen molar-refractivity contribution in [2.24, 2.45) is 0 Å². The van der Waals surface area contributed by atoms with Gasteiger partial charge in [0.2, 0.25) is 0 Å². The molecule has 0 aliphatic heterocycles. The summed E-state index contributed by atoms with van der Waals surface area (Å²) in [7, 11) is -3.30. The Morgan fingerprint density at radius 2 is 1.81 bits per heavy atom. The Bertz CT molecular complexity index is 442. The molecule has 6 heteroatoms. The number of benzene rings is 1. The van der Waals surface area contributed by atoms with Crippen LogP contribution in [-0.2, 0) is 9.84 Å². The molecule has 0 fully saturated rings. The maximum absolute atomic E-state index is 11.6. The zero-order chi connectivity index (χ0) is 12.3. The molecule has 1 aromatic carbocycles. The Labute approximate surface area is 112 Å². The van der Waals surface area contributed by atoms with Crippen molar-refractivity contribution in [2.75, 3.05) is 5.75 Å². The third kappa shape index (κ3) is 3.29. The quantitative estimate of drug-likeness (QED) is 0.827. The fourth-order valence-electron chi connectivity index (χ4n) is 1.17. The monoisotopic (exact) mass is 370 g/mol. The Kier molecular flexibility index (Phi) is 4.97. The molecule has 0 aliphatic carbocycles. The van der Waals surface area contributed by atoms with Gasteiger partial charge in [0.05, 0.1) is 0 Å². The molecule has 90 valence electrons. The molecule has 1 N–H and O–H groups in total. The summed E-state index contributed by atoms with van der Waals surface area (Å²) < 4.78 is 23.0. The van der Waals surface area contributed by atoms with Gasteiger partial charge in [0.1, 0.15) is 10.3 Å². The van der Waals surface area contributed by atoms with Crippen molar-refractivity contribution in [3.8, 4) is 0 Å². The number of halogens is 2. The van der Waals surface area contributed by atoms with E-state index >= 15 is 0 Å². The van der Waals surface area contributed by atoms with Crippen LogP contribution >= 0.6 is 31.9 Å². The first-order valence-electron chi connectivity index (χ1n) is 4.67. The van der Waals surface area contributed by atoms with E-state index in [0.717, 1.165) is 4.47 Å². The first-order valence-corrected chi connectivity index (χ1v) is 8.10. The van der Waals surface area contributed by atoms with Crippen molar-refractivity contribution in [1.82, 2.24) is 0 Å². The summed E-state index contributed by atoms with van der Waals surface area (Å²) in [6, 6.07) is 6.90. The average Bonchev–Trinajstić information content (AvgIpc) is 2.28. The number of sulfone groups is 1. The summed E-state index contributed by atoms with van der Waals surface area (Å²) in [5.41, 5.74) is 0.571. The van der Waals surface area contributed by atoms with Crippen LogP contribution in [0.15, 0.2) is 28.7 Å². The second kappa shape index (κ2) is 5.62.